The number of halogens is 3. The summed E-state index contributed by atoms with van der Waals surface area (Å²) in [5.74, 6) is 0.0421. The number of nitrogens with one attached hydrogen (secondary N) is 2. The van der Waals surface area contributed by atoms with E-state index in [1.54, 1.807) is 34.0 Å². The maximum absolute atomic E-state index is 14.3. The van der Waals surface area contributed by atoms with Gasteiger partial charge in [0, 0.05) is 70.2 Å². The van der Waals surface area contributed by atoms with E-state index in [-0.39, 0.29) is 54.2 Å². The van der Waals surface area contributed by atoms with Gasteiger partial charge in [-0.25, -0.2) is 23.1 Å². The van der Waals surface area contributed by atoms with Crippen LogP contribution in [-0.4, -0.2) is 122 Å². The molecule has 2 bridgehead atoms. The molecule has 1 saturated carbocycles. The predicted molar refractivity (Wildman–Crippen MR) is 204 cm³/mol. The summed E-state index contributed by atoms with van der Waals surface area (Å²) >= 11 is 6.38. The van der Waals surface area contributed by atoms with Crippen LogP contribution in [0, 0.1) is 5.92 Å². The molecule has 7 heterocycles. The van der Waals surface area contributed by atoms with E-state index in [2.05, 4.69) is 30.6 Å². The van der Waals surface area contributed by atoms with E-state index in [1.807, 2.05) is 6.07 Å². The first kappa shape index (κ1) is 37.4. The van der Waals surface area contributed by atoms with E-state index >= 15 is 0 Å². The predicted octanol–water partition coefficient (Wildman–Crippen LogP) is 4.38. The molecule has 57 heavy (non-hydrogen) atoms. The number of hydrogen-bond acceptors (Lipinski definition) is 10. The molecule has 0 spiro atoms. The Kier molecular flexibility index (Phi) is 10.0. The Bertz CT molecular complexity index is 2220. The van der Waals surface area contributed by atoms with Crippen molar-refractivity contribution in [2.75, 3.05) is 67.5 Å². The summed E-state index contributed by atoms with van der Waals surface area (Å²) in [5, 5.41) is 13.8. The first-order valence-corrected chi connectivity index (χ1v) is 19.8. The highest BCUT2D eigenvalue weighted by atomic mass is 35.5. The number of anilines is 3. The van der Waals surface area contributed by atoms with E-state index < -0.39 is 24.1 Å². The van der Waals surface area contributed by atoms with Crippen LogP contribution < -0.4 is 20.4 Å². The molecule has 1 aromatic carbocycles. The molecule has 3 aromatic heterocycles. The highest BCUT2D eigenvalue weighted by molar-refractivity contribution is 6.34. The number of aromatic nitrogens is 5. The molecule has 19 heteroatoms. The van der Waals surface area contributed by atoms with Crippen LogP contribution in [0.25, 0.3) is 5.65 Å². The van der Waals surface area contributed by atoms with Crippen LogP contribution >= 0.6 is 11.6 Å². The number of urea groups is 1. The number of ether oxygens (including phenoxy) is 1. The van der Waals surface area contributed by atoms with Gasteiger partial charge in [0.2, 0.25) is 5.91 Å². The van der Waals surface area contributed by atoms with Crippen molar-refractivity contribution in [3.8, 4) is 0 Å². The third-order valence-electron chi connectivity index (χ3n) is 11.9. The third-order valence-corrected chi connectivity index (χ3v) is 12.2. The topological polar surface area (TPSA) is 163 Å². The maximum Gasteiger partial charge on any atom is 0.328 e. The van der Waals surface area contributed by atoms with Crippen molar-refractivity contribution in [1.29, 1.82) is 0 Å². The first-order valence-electron chi connectivity index (χ1n) is 19.4. The molecule has 0 radical (unpaired) electrons. The summed E-state index contributed by atoms with van der Waals surface area (Å²) in [6.45, 7) is 4.92. The average Bonchev–Trinajstić information content (AvgIpc) is 4.03. The molecule has 4 saturated heterocycles. The monoisotopic (exact) mass is 805 g/mol. The summed E-state index contributed by atoms with van der Waals surface area (Å²) in [4.78, 5) is 63.4. The second-order valence-corrected chi connectivity index (χ2v) is 15.9. The number of amides is 5. The smallest absolute Gasteiger partial charge is 0.328 e. The fourth-order valence-electron chi connectivity index (χ4n) is 8.82. The highest BCUT2D eigenvalue weighted by Gasteiger charge is 2.40. The molecule has 0 unspecified atom stereocenters. The molecular weight excluding hydrogens is 764 g/mol. The standard InChI is InChI=1S/C38H42ClF2N11O5/c39-28-6-3-23(15-30(28)49-9-8-32(53)45-38(49)56)37(55)48-13-11-47(12-14-48)18-22-1-4-24(5-2-22)52-20-29(33(46-52)34(40)41)43-36(54)27-17-42-51-10-7-31(44-35(27)51)50-19-26-16-25(50)21-57-26/h3,6-7,10,15,17,20,22,24-26,34H,1-2,4-5,8-9,11-14,16,18-19,21H2,(H,43,54)(H,45,53,56)/t22?,24?,25-,26-/m1/s1. The molecule has 4 aliphatic heterocycles. The molecule has 4 aromatic rings. The van der Waals surface area contributed by atoms with Crippen LogP contribution in [0.1, 0.15) is 77.4 Å². The van der Waals surface area contributed by atoms with Crippen LogP contribution in [0.2, 0.25) is 5.02 Å². The van der Waals surface area contributed by atoms with Crippen molar-refractivity contribution in [3.63, 3.8) is 0 Å². The minimum absolute atomic E-state index is 0.0302. The summed E-state index contributed by atoms with van der Waals surface area (Å²) in [5.41, 5.74) is 0.823. The Morgan fingerprint density at radius 3 is 2.56 bits per heavy atom. The molecule has 5 aliphatic rings. The minimum Gasteiger partial charge on any atom is -0.374 e. The van der Waals surface area contributed by atoms with Crippen LogP contribution in [0.3, 0.4) is 0 Å². The van der Waals surface area contributed by atoms with Gasteiger partial charge in [-0.15, -0.1) is 0 Å². The second-order valence-electron chi connectivity index (χ2n) is 15.5. The van der Waals surface area contributed by atoms with Gasteiger partial charge in [0.25, 0.3) is 18.2 Å². The number of morpholine rings is 1. The van der Waals surface area contributed by atoms with Gasteiger partial charge in [0.1, 0.15) is 11.4 Å². The number of benzene rings is 1. The minimum atomic E-state index is -2.88. The second kappa shape index (κ2) is 15.3. The number of alkyl halides is 2. The van der Waals surface area contributed by atoms with Crippen molar-refractivity contribution in [2.45, 2.75) is 63.1 Å². The Balaban J connectivity index is 0.782. The van der Waals surface area contributed by atoms with Crippen LogP contribution in [0.5, 0.6) is 0 Å². The van der Waals surface area contributed by atoms with E-state index in [1.165, 1.54) is 21.8 Å². The Labute approximate surface area is 331 Å². The zero-order valence-electron chi connectivity index (χ0n) is 31.0. The van der Waals surface area contributed by atoms with Crippen LogP contribution in [-0.2, 0) is 9.53 Å². The lowest BCUT2D eigenvalue weighted by atomic mass is 9.85. The van der Waals surface area contributed by atoms with Crippen molar-refractivity contribution in [2.24, 2.45) is 5.92 Å². The van der Waals surface area contributed by atoms with E-state index in [9.17, 15) is 28.0 Å². The van der Waals surface area contributed by atoms with Crippen molar-refractivity contribution < 1.29 is 32.7 Å². The van der Waals surface area contributed by atoms with E-state index in [0.717, 1.165) is 51.0 Å². The molecule has 1 aliphatic carbocycles. The van der Waals surface area contributed by atoms with Gasteiger partial charge in [-0.2, -0.15) is 10.2 Å². The summed E-state index contributed by atoms with van der Waals surface area (Å²) in [7, 11) is 0. The van der Waals surface area contributed by atoms with Crippen LogP contribution in [0.4, 0.5) is 30.8 Å². The molecule has 5 amide bonds. The Morgan fingerprint density at radius 2 is 1.84 bits per heavy atom. The molecule has 16 nitrogen and oxygen atoms in total. The Hall–Kier alpha value is -5.20. The zero-order chi connectivity index (χ0) is 39.4. The number of rotatable bonds is 9. The van der Waals surface area contributed by atoms with Crippen molar-refractivity contribution in [1.82, 2.24) is 39.5 Å². The number of carbonyl (C=O) groups is 4. The summed E-state index contributed by atoms with van der Waals surface area (Å²) in [6.07, 6.45) is 6.32. The fourth-order valence-corrected chi connectivity index (χ4v) is 9.04. The zero-order valence-corrected chi connectivity index (χ0v) is 31.8. The van der Waals surface area contributed by atoms with Gasteiger partial charge < -0.3 is 19.9 Å². The molecule has 9 rings (SSSR count). The number of nitrogens with zero attached hydrogens (tertiary/aromatic N) is 9. The van der Waals surface area contributed by atoms with Crippen LogP contribution in [0.15, 0.2) is 42.9 Å². The third kappa shape index (κ3) is 7.41. The highest BCUT2D eigenvalue weighted by Crippen LogP contribution is 2.36. The van der Waals surface area contributed by atoms with E-state index in [4.69, 9.17) is 21.3 Å². The number of piperazine rings is 1. The summed E-state index contributed by atoms with van der Waals surface area (Å²) < 4.78 is 37.3. The normalized spacial score (nSPS) is 24.2. The molecule has 300 valence electrons. The maximum atomic E-state index is 14.3. The van der Waals surface area contributed by atoms with E-state index in [0.29, 0.717) is 60.6 Å². The van der Waals surface area contributed by atoms with Crippen molar-refractivity contribution in [3.05, 3.63) is 64.7 Å². The number of imide groups is 1. The van der Waals surface area contributed by atoms with Gasteiger partial charge >= 0.3 is 6.03 Å². The van der Waals surface area contributed by atoms with Gasteiger partial charge in [0.15, 0.2) is 11.3 Å². The van der Waals surface area contributed by atoms with Gasteiger partial charge in [-0.05, 0) is 62.3 Å². The first-order chi connectivity index (χ1) is 27.6. The van der Waals surface area contributed by atoms with Gasteiger partial charge in [0.05, 0.1) is 47.4 Å². The SMILES string of the molecule is O=C1CCN(c2cc(C(=O)N3CCN(CC4CCC(n5cc(NC(=O)c6cnn7ccc(N8C[C@H]9C[C@@H]8CO9)nc67)c(C(F)F)n5)CC4)CC3)ccc2Cl)C(=O)N1. The van der Waals surface area contributed by atoms with Crippen molar-refractivity contribution >= 4 is 58.2 Å². The molecule has 5 fully saturated rings. The Morgan fingerprint density at radius 1 is 1.04 bits per heavy atom. The fraction of sp³-hybridized carbons (Fsp3) is 0.500. The lowest BCUT2D eigenvalue weighted by Gasteiger charge is -2.38. The quantitative estimate of drug-likeness (QED) is 0.248. The largest absolute Gasteiger partial charge is 0.374 e. The number of fused-ring (bicyclic) bond motifs is 3. The van der Waals surface area contributed by atoms with Gasteiger partial charge in [-0.1, -0.05) is 11.6 Å². The number of hydrogen-bond donors (Lipinski definition) is 2. The lowest BCUT2D eigenvalue weighted by Crippen LogP contribution is -2.50. The average molecular weight is 806 g/mol. The number of carbonyl (C=O) groups excluding carboxylic acids is 4. The lowest BCUT2D eigenvalue weighted by molar-refractivity contribution is -0.120. The molecule has 2 N–H and O–H groups in total. The van der Waals surface area contributed by atoms with Gasteiger partial charge in [-0.3, -0.25) is 34.2 Å². The molecule has 2 atom stereocenters. The summed E-state index contributed by atoms with van der Waals surface area (Å²) in [6, 6.07) is 6.29. The molecular formula is C38H42ClF2N11O5.